The molecule has 0 aliphatic heterocycles. The first-order valence-electron chi connectivity index (χ1n) is 7.58. The molecule has 0 saturated carbocycles. The van der Waals surface area contributed by atoms with Crippen LogP contribution in [0.25, 0.3) is 22.8 Å². The molecule has 0 saturated heterocycles. The topological polar surface area (TPSA) is 96.7 Å². The van der Waals surface area contributed by atoms with E-state index < -0.39 is 0 Å². The molecule has 0 fully saturated rings. The van der Waals surface area contributed by atoms with Gasteiger partial charge in [-0.2, -0.15) is 5.10 Å². The number of carbonyl (C=O) groups excluding carboxylic acids is 1. The highest BCUT2D eigenvalue weighted by Crippen LogP contribution is 2.19. The van der Waals surface area contributed by atoms with Crippen molar-refractivity contribution < 1.29 is 9.21 Å². The predicted octanol–water partition coefficient (Wildman–Crippen LogP) is 3.38. The maximum atomic E-state index is 12.3. The first-order valence-corrected chi connectivity index (χ1v) is 7.58. The van der Waals surface area contributed by atoms with Gasteiger partial charge >= 0.3 is 0 Å². The second kappa shape index (κ2) is 6.40. The highest BCUT2D eigenvalue weighted by atomic mass is 16.3. The lowest BCUT2D eigenvalue weighted by Gasteiger charge is -2.03. The Morgan fingerprint density at radius 3 is 2.56 bits per heavy atom. The molecule has 1 amide bonds. The van der Waals surface area contributed by atoms with Crippen LogP contribution in [0, 0.1) is 0 Å². The Labute approximate surface area is 142 Å². The molecular weight excluding hydrogens is 318 g/mol. The number of amides is 1. The van der Waals surface area contributed by atoms with Crippen molar-refractivity contribution in [2.45, 2.75) is 0 Å². The van der Waals surface area contributed by atoms with Crippen molar-refractivity contribution in [2.75, 3.05) is 5.32 Å². The number of H-pyrrole nitrogens is 1. The van der Waals surface area contributed by atoms with Crippen LogP contribution >= 0.6 is 0 Å². The van der Waals surface area contributed by atoms with E-state index in [1.165, 1.54) is 0 Å². The molecule has 4 aromatic rings. The number of rotatable bonds is 4. The molecule has 3 heterocycles. The Bertz CT molecular complexity index is 976. The number of aromatic amines is 1. The van der Waals surface area contributed by atoms with Gasteiger partial charge in [-0.15, -0.1) is 0 Å². The third-order valence-electron chi connectivity index (χ3n) is 3.54. The molecule has 25 heavy (non-hydrogen) atoms. The van der Waals surface area contributed by atoms with E-state index in [-0.39, 0.29) is 11.6 Å². The van der Waals surface area contributed by atoms with Crippen molar-refractivity contribution in [3.05, 3.63) is 72.9 Å². The Morgan fingerprint density at radius 1 is 1.04 bits per heavy atom. The van der Waals surface area contributed by atoms with E-state index in [0.717, 1.165) is 5.56 Å². The van der Waals surface area contributed by atoms with E-state index in [9.17, 15) is 4.79 Å². The third kappa shape index (κ3) is 3.16. The fourth-order valence-electron chi connectivity index (χ4n) is 2.32. The summed E-state index contributed by atoms with van der Waals surface area (Å²) in [7, 11) is 0. The van der Waals surface area contributed by atoms with Crippen molar-refractivity contribution in [3.8, 4) is 22.8 Å². The van der Waals surface area contributed by atoms with E-state index in [1.54, 1.807) is 36.9 Å². The summed E-state index contributed by atoms with van der Waals surface area (Å²) >= 11 is 0. The van der Waals surface area contributed by atoms with Crippen LogP contribution in [0.3, 0.4) is 0 Å². The Hall–Kier alpha value is -3.74. The maximum Gasteiger partial charge on any atom is 0.276 e. The van der Waals surface area contributed by atoms with Crippen molar-refractivity contribution in [2.24, 2.45) is 0 Å². The summed E-state index contributed by atoms with van der Waals surface area (Å²) in [5.74, 6) is 0.852. The molecule has 0 unspecified atom stereocenters. The zero-order valence-corrected chi connectivity index (χ0v) is 13.0. The highest BCUT2D eigenvalue weighted by molar-refractivity contribution is 6.03. The summed E-state index contributed by atoms with van der Waals surface area (Å²) in [5, 5.41) is 9.48. The average molecular weight is 331 g/mol. The SMILES string of the molecule is O=C(Nc1cnc(-c2ccccc2)nc1)c1cc(-c2ccco2)[nH]n1. The second-order valence-corrected chi connectivity index (χ2v) is 5.26. The lowest BCUT2D eigenvalue weighted by Crippen LogP contribution is -2.12. The predicted molar refractivity (Wildman–Crippen MR) is 91.7 cm³/mol. The number of hydrogen-bond donors (Lipinski definition) is 2. The number of benzene rings is 1. The van der Waals surface area contributed by atoms with Crippen LogP contribution in [-0.2, 0) is 0 Å². The number of aromatic nitrogens is 4. The fraction of sp³-hybridized carbons (Fsp3) is 0. The molecule has 0 bridgehead atoms. The van der Waals surface area contributed by atoms with E-state index in [0.29, 0.717) is 23.0 Å². The minimum Gasteiger partial charge on any atom is -0.463 e. The van der Waals surface area contributed by atoms with E-state index in [4.69, 9.17) is 4.42 Å². The van der Waals surface area contributed by atoms with E-state index >= 15 is 0 Å². The smallest absolute Gasteiger partial charge is 0.276 e. The first-order chi connectivity index (χ1) is 12.3. The van der Waals surface area contributed by atoms with Gasteiger partial charge in [-0.1, -0.05) is 30.3 Å². The van der Waals surface area contributed by atoms with Gasteiger partial charge in [-0.25, -0.2) is 9.97 Å². The van der Waals surface area contributed by atoms with Crippen LogP contribution in [0.2, 0.25) is 0 Å². The molecule has 7 heteroatoms. The van der Waals surface area contributed by atoms with Gasteiger partial charge in [0.05, 0.1) is 24.3 Å². The van der Waals surface area contributed by atoms with Gasteiger partial charge in [0.15, 0.2) is 17.3 Å². The monoisotopic (exact) mass is 331 g/mol. The number of nitrogens with zero attached hydrogens (tertiary/aromatic N) is 3. The Morgan fingerprint density at radius 2 is 1.84 bits per heavy atom. The van der Waals surface area contributed by atoms with Crippen molar-refractivity contribution in [1.82, 2.24) is 20.2 Å². The Balaban J connectivity index is 1.48. The standard InChI is InChI=1S/C18H13N5O2/c24-18(15-9-14(22-23-15)16-7-4-8-25-16)21-13-10-19-17(20-11-13)12-5-2-1-3-6-12/h1-11H,(H,21,24)(H,22,23). The van der Waals surface area contributed by atoms with Gasteiger partial charge in [0, 0.05) is 11.6 Å². The normalized spacial score (nSPS) is 10.6. The molecule has 0 aliphatic carbocycles. The van der Waals surface area contributed by atoms with Crippen molar-refractivity contribution in [1.29, 1.82) is 0 Å². The van der Waals surface area contributed by atoms with Crippen LogP contribution in [-0.4, -0.2) is 26.1 Å². The quantitative estimate of drug-likeness (QED) is 0.597. The molecule has 0 aliphatic rings. The number of anilines is 1. The Kier molecular flexibility index (Phi) is 3.80. The van der Waals surface area contributed by atoms with Crippen molar-refractivity contribution >= 4 is 11.6 Å². The second-order valence-electron chi connectivity index (χ2n) is 5.26. The third-order valence-corrected chi connectivity index (χ3v) is 3.54. The van der Waals surface area contributed by atoms with Crippen molar-refractivity contribution in [3.63, 3.8) is 0 Å². The molecule has 4 rings (SSSR count). The van der Waals surface area contributed by atoms with Gasteiger partial charge in [0.1, 0.15) is 5.69 Å². The summed E-state index contributed by atoms with van der Waals surface area (Å²) in [6.07, 6.45) is 4.68. The molecule has 7 nitrogen and oxygen atoms in total. The molecule has 0 radical (unpaired) electrons. The molecule has 1 aromatic carbocycles. The van der Waals surface area contributed by atoms with Gasteiger partial charge in [0.25, 0.3) is 5.91 Å². The minimum atomic E-state index is -0.356. The summed E-state index contributed by atoms with van der Waals surface area (Å²) in [6.45, 7) is 0. The first kappa shape index (κ1) is 14.8. The molecule has 0 spiro atoms. The zero-order valence-electron chi connectivity index (χ0n) is 13.0. The van der Waals surface area contributed by atoms with Crippen LogP contribution in [0.4, 0.5) is 5.69 Å². The number of hydrogen-bond acceptors (Lipinski definition) is 5. The molecule has 2 N–H and O–H groups in total. The van der Waals surface area contributed by atoms with E-state index in [1.807, 2.05) is 30.3 Å². The molecular formula is C18H13N5O2. The lowest BCUT2D eigenvalue weighted by molar-refractivity contribution is 0.102. The van der Waals surface area contributed by atoms with Gasteiger partial charge in [-0.3, -0.25) is 9.89 Å². The molecule has 122 valence electrons. The molecule has 3 aromatic heterocycles. The summed E-state index contributed by atoms with van der Waals surface area (Å²) in [6, 6.07) is 14.8. The average Bonchev–Trinajstić information content (AvgIpc) is 3.35. The summed E-state index contributed by atoms with van der Waals surface area (Å²) in [5.41, 5.74) is 2.28. The molecule has 0 atom stereocenters. The maximum absolute atomic E-state index is 12.3. The minimum absolute atomic E-state index is 0.249. The van der Waals surface area contributed by atoms with Crippen LogP contribution in [0.5, 0.6) is 0 Å². The highest BCUT2D eigenvalue weighted by Gasteiger charge is 2.13. The van der Waals surface area contributed by atoms with Gasteiger partial charge < -0.3 is 9.73 Å². The van der Waals surface area contributed by atoms with Crippen LogP contribution in [0.15, 0.2) is 71.6 Å². The van der Waals surface area contributed by atoms with Gasteiger partial charge in [0.2, 0.25) is 0 Å². The van der Waals surface area contributed by atoms with E-state index in [2.05, 4.69) is 25.5 Å². The number of nitrogens with one attached hydrogen (secondary N) is 2. The summed E-state index contributed by atoms with van der Waals surface area (Å²) < 4.78 is 5.26. The lowest BCUT2D eigenvalue weighted by atomic mass is 10.2. The summed E-state index contributed by atoms with van der Waals surface area (Å²) in [4.78, 5) is 20.8. The van der Waals surface area contributed by atoms with Crippen LogP contribution < -0.4 is 5.32 Å². The largest absolute Gasteiger partial charge is 0.463 e. The fourth-order valence-corrected chi connectivity index (χ4v) is 2.32. The zero-order chi connectivity index (χ0) is 17.1. The van der Waals surface area contributed by atoms with Crippen LogP contribution in [0.1, 0.15) is 10.5 Å². The number of furan rings is 1. The number of carbonyl (C=O) groups is 1. The van der Waals surface area contributed by atoms with Gasteiger partial charge in [-0.05, 0) is 12.1 Å².